The summed E-state index contributed by atoms with van der Waals surface area (Å²) in [5.41, 5.74) is 9.62. The molecule has 0 unspecified atom stereocenters. The number of nitrogens with zero attached hydrogens (tertiary/aromatic N) is 2. The van der Waals surface area contributed by atoms with E-state index in [-0.39, 0.29) is 0 Å². The van der Waals surface area contributed by atoms with Gasteiger partial charge in [-0.25, -0.2) is 4.98 Å². The number of aromatic nitrogens is 1. The van der Waals surface area contributed by atoms with E-state index in [2.05, 4.69) is 158 Å². The van der Waals surface area contributed by atoms with E-state index in [4.69, 9.17) is 4.98 Å². The molecule has 0 aliphatic rings. The van der Waals surface area contributed by atoms with Crippen molar-refractivity contribution >= 4 is 63.8 Å². The average Bonchev–Trinajstić information content (AvgIpc) is 3.58. The number of thiophene rings is 1. The summed E-state index contributed by atoms with van der Waals surface area (Å²) >= 11 is 1.77. The van der Waals surface area contributed by atoms with E-state index in [1.165, 1.54) is 69.4 Å². The fourth-order valence-electron chi connectivity index (χ4n) is 7.62. The third-order valence-electron chi connectivity index (χ3n) is 10.1. The van der Waals surface area contributed by atoms with Crippen LogP contribution in [0.2, 0.25) is 0 Å². The summed E-state index contributed by atoms with van der Waals surface area (Å²) in [6, 6.07) is 62.8. The Kier molecular flexibility index (Phi) is 6.77. The van der Waals surface area contributed by atoms with Crippen LogP contribution in [-0.4, -0.2) is 4.98 Å². The van der Waals surface area contributed by atoms with Gasteiger partial charge in [0.2, 0.25) is 0 Å². The van der Waals surface area contributed by atoms with Crippen LogP contribution in [0.25, 0.3) is 97.3 Å². The molecule has 0 fully saturated rings. The van der Waals surface area contributed by atoms with E-state index >= 15 is 0 Å². The van der Waals surface area contributed by atoms with E-state index < -0.39 is 0 Å². The Bertz CT molecular complexity index is 3020. The van der Waals surface area contributed by atoms with Crippen molar-refractivity contribution in [3.05, 3.63) is 175 Å². The van der Waals surface area contributed by atoms with E-state index in [9.17, 15) is 5.26 Å². The second-order valence-corrected chi connectivity index (χ2v) is 14.1. The molecule has 0 radical (unpaired) electrons. The number of hydrogen-bond donors (Lipinski definition) is 0. The summed E-state index contributed by atoms with van der Waals surface area (Å²) in [6.07, 6.45) is 0. The van der Waals surface area contributed by atoms with Crippen molar-refractivity contribution in [1.29, 1.82) is 5.26 Å². The summed E-state index contributed by atoms with van der Waals surface area (Å²) in [5, 5.41) is 19.2. The monoisotopic (exact) mass is 664 g/mol. The molecular formula is C48H28N2S. The molecule has 0 bridgehead atoms. The Hall–Kier alpha value is -6.60. The topological polar surface area (TPSA) is 36.7 Å². The quantitative estimate of drug-likeness (QED) is 0.176. The van der Waals surface area contributed by atoms with Crippen molar-refractivity contribution in [1.82, 2.24) is 4.98 Å². The lowest BCUT2D eigenvalue weighted by atomic mass is 9.88. The fourth-order valence-corrected chi connectivity index (χ4v) is 8.69. The molecule has 2 aromatic heterocycles. The second kappa shape index (κ2) is 11.8. The van der Waals surface area contributed by atoms with E-state index in [0.717, 1.165) is 27.9 Å². The van der Waals surface area contributed by atoms with Gasteiger partial charge in [0.15, 0.2) is 0 Å². The van der Waals surface area contributed by atoms with Gasteiger partial charge in [-0.15, -0.1) is 11.3 Å². The van der Waals surface area contributed by atoms with Crippen molar-refractivity contribution in [3.8, 4) is 50.8 Å². The molecule has 0 amide bonds. The molecule has 3 heteroatoms. The van der Waals surface area contributed by atoms with Crippen molar-refractivity contribution in [2.45, 2.75) is 0 Å². The average molecular weight is 665 g/mol. The number of pyridine rings is 1. The van der Waals surface area contributed by atoms with Gasteiger partial charge in [-0.3, -0.25) is 0 Å². The Labute approximate surface area is 299 Å². The lowest BCUT2D eigenvalue weighted by Crippen LogP contribution is -1.92. The zero-order valence-corrected chi connectivity index (χ0v) is 28.3. The van der Waals surface area contributed by atoms with Crippen LogP contribution >= 0.6 is 11.3 Å². The maximum Gasteiger partial charge on any atom is 0.0991 e. The lowest BCUT2D eigenvalue weighted by molar-refractivity contribution is 1.33. The standard InChI is InChI=1S/C48H28N2S/c49-29-30-17-23-47-43(25-30)44-26-34(22-24-48(44)51-47)31-18-20-32(21-19-31)39-27-40-37-13-6-7-14-38(37)42(28-41(40)36-12-5-4-11-35(36)39)46-16-8-15-45(50-46)33-9-2-1-3-10-33/h1-28H. The van der Waals surface area contributed by atoms with E-state index in [0.29, 0.717) is 5.56 Å². The largest absolute Gasteiger partial charge is 0.248 e. The Balaban J connectivity index is 1.12. The molecule has 51 heavy (non-hydrogen) atoms. The molecule has 2 heterocycles. The Morgan fingerprint density at radius 3 is 1.67 bits per heavy atom. The van der Waals surface area contributed by atoms with E-state index in [1.807, 2.05) is 18.2 Å². The first-order chi connectivity index (χ1) is 25.2. The van der Waals surface area contributed by atoms with Gasteiger partial charge in [0.05, 0.1) is 23.0 Å². The highest BCUT2D eigenvalue weighted by Crippen LogP contribution is 2.42. The SMILES string of the molecule is N#Cc1ccc2sc3ccc(-c4ccc(-c5cc6c7ccccc7c(-c7cccc(-c8ccccc8)n7)cc6c6ccccc56)cc4)cc3c2c1. The van der Waals surface area contributed by atoms with Crippen LogP contribution in [-0.2, 0) is 0 Å². The van der Waals surface area contributed by atoms with Crippen LogP contribution in [0.1, 0.15) is 5.56 Å². The van der Waals surface area contributed by atoms with Crippen LogP contribution < -0.4 is 0 Å². The minimum Gasteiger partial charge on any atom is -0.248 e. The van der Waals surface area contributed by atoms with Gasteiger partial charge in [-0.1, -0.05) is 115 Å². The van der Waals surface area contributed by atoms with Crippen LogP contribution in [0.15, 0.2) is 170 Å². The van der Waals surface area contributed by atoms with Gasteiger partial charge in [-0.05, 0) is 109 Å². The zero-order chi connectivity index (χ0) is 33.9. The van der Waals surface area contributed by atoms with Gasteiger partial charge >= 0.3 is 0 Å². The highest BCUT2D eigenvalue weighted by molar-refractivity contribution is 7.25. The summed E-state index contributed by atoms with van der Waals surface area (Å²) < 4.78 is 2.44. The minimum absolute atomic E-state index is 0.692. The van der Waals surface area contributed by atoms with Gasteiger partial charge in [-0.2, -0.15) is 5.26 Å². The predicted octanol–water partition coefficient (Wildman–Crippen LogP) is 13.4. The first-order valence-electron chi connectivity index (χ1n) is 17.1. The molecule has 0 aliphatic carbocycles. The molecule has 0 spiro atoms. The number of fused-ring (bicyclic) bond motifs is 8. The van der Waals surface area contributed by atoms with Crippen LogP contribution in [0, 0.1) is 11.3 Å². The molecule has 10 rings (SSSR count). The summed E-state index contributed by atoms with van der Waals surface area (Å²) in [6.45, 7) is 0. The van der Waals surface area contributed by atoms with Crippen LogP contribution in [0.5, 0.6) is 0 Å². The smallest absolute Gasteiger partial charge is 0.0991 e. The van der Waals surface area contributed by atoms with Crippen molar-refractivity contribution in [2.24, 2.45) is 0 Å². The van der Waals surface area contributed by atoms with Gasteiger partial charge in [0.25, 0.3) is 0 Å². The molecule has 0 saturated carbocycles. The van der Waals surface area contributed by atoms with E-state index in [1.54, 1.807) is 11.3 Å². The molecular weight excluding hydrogens is 637 g/mol. The molecule has 236 valence electrons. The summed E-state index contributed by atoms with van der Waals surface area (Å²) in [5.74, 6) is 0. The zero-order valence-electron chi connectivity index (χ0n) is 27.5. The lowest BCUT2D eigenvalue weighted by Gasteiger charge is -2.16. The first kappa shape index (κ1) is 29.3. The minimum atomic E-state index is 0.692. The molecule has 2 nitrogen and oxygen atoms in total. The van der Waals surface area contributed by atoms with Gasteiger partial charge in [0, 0.05) is 31.3 Å². The molecule has 0 aliphatic heterocycles. The molecule has 0 saturated heterocycles. The highest BCUT2D eigenvalue weighted by Gasteiger charge is 2.16. The third-order valence-corrected chi connectivity index (χ3v) is 11.3. The van der Waals surface area contributed by atoms with Crippen molar-refractivity contribution < 1.29 is 0 Å². The second-order valence-electron chi connectivity index (χ2n) is 13.0. The van der Waals surface area contributed by atoms with Crippen LogP contribution in [0.4, 0.5) is 0 Å². The number of rotatable bonds is 4. The van der Waals surface area contributed by atoms with Gasteiger partial charge in [0.1, 0.15) is 0 Å². The molecule has 0 atom stereocenters. The predicted molar refractivity (Wildman–Crippen MR) is 216 cm³/mol. The number of nitriles is 1. The number of benzene rings is 8. The Morgan fingerprint density at radius 1 is 0.373 bits per heavy atom. The molecule has 8 aromatic carbocycles. The normalized spacial score (nSPS) is 11.5. The summed E-state index contributed by atoms with van der Waals surface area (Å²) in [7, 11) is 0. The maximum atomic E-state index is 9.49. The van der Waals surface area contributed by atoms with Crippen molar-refractivity contribution in [3.63, 3.8) is 0 Å². The van der Waals surface area contributed by atoms with Crippen molar-refractivity contribution in [2.75, 3.05) is 0 Å². The van der Waals surface area contributed by atoms with Gasteiger partial charge < -0.3 is 0 Å². The third kappa shape index (κ3) is 4.88. The summed E-state index contributed by atoms with van der Waals surface area (Å²) in [4.78, 5) is 5.17. The molecule has 10 aromatic rings. The highest BCUT2D eigenvalue weighted by atomic mass is 32.1. The first-order valence-corrected chi connectivity index (χ1v) is 17.9. The maximum absolute atomic E-state index is 9.49. The number of hydrogen-bond acceptors (Lipinski definition) is 3. The van der Waals surface area contributed by atoms with Crippen LogP contribution in [0.3, 0.4) is 0 Å². The fraction of sp³-hybridized carbons (Fsp3) is 0. The Morgan fingerprint density at radius 2 is 0.941 bits per heavy atom. The molecule has 0 N–H and O–H groups in total.